The number of phenols is 1. The highest BCUT2D eigenvalue weighted by atomic mass is 16.5. The first-order valence-electron chi connectivity index (χ1n) is 6.81. The molecular formula is C16H14N4O3. The van der Waals surface area contributed by atoms with Crippen LogP contribution in [-0.2, 0) is 0 Å². The van der Waals surface area contributed by atoms with Crippen LogP contribution in [0.5, 0.6) is 11.5 Å². The molecule has 23 heavy (non-hydrogen) atoms. The van der Waals surface area contributed by atoms with E-state index in [0.717, 1.165) is 11.0 Å². The average molecular weight is 310 g/mol. The number of amides is 1. The predicted octanol–water partition coefficient (Wildman–Crippen LogP) is 2.04. The molecule has 3 aromatic rings. The number of carbonyl (C=O) groups excluding carboxylic acids is 1. The lowest BCUT2D eigenvalue weighted by molar-refractivity contribution is 0.0955. The summed E-state index contributed by atoms with van der Waals surface area (Å²) < 4.78 is 5.01. The molecule has 0 fully saturated rings. The van der Waals surface area contributed by atoms with Crippen molar-refractivity contribution >= 4 is 23.2 Å². The summed E-state index contributed by atoms with van der Waals surface area (Å²) in [5.41, 5.74) is 4.86. The number of aromatic nitrogens is 2. The molecule has 0 aliphatic rings. The van der Waals surface area contributed by atoms with E-state index >= 15 is 0 Å². The zero-order chi connectivity index (χ0) is 16.2. The van der Waals surface area contributed by atoms with Gasteiger partial charge in [0.2, 0.25) is 0 Å². The summed E-state index contributed by atoms with van der Waals surface area (Å²) in [4.78, 5) is 19.1. The van der Waals surface area contributed by atoms with Gasteiger partial charge >= 0.3 is 0 Å². The van der Waals surface area contributed by atoms with Crippen molar-refractivity contribution in [2.75, 3.05) is 7.11 Å². The van der Waals surface area contributed by atoms with Crippen LogP contribution in [0.3, 0.4) is 0 Å². The molecular weight excluding hydrogens is 296 g/mol. The van der Waals surface area contributed by atoms with E-state index in [9.17, 15) is 9.90 Å². The minimum Gasteiger partial charge on any atom is -0.504 e. The smallest absolute Gasteiger partial charge is 0.271 e. The summed E-state index contributed by atoms with van der Waals surface area (Å²) in [7, 11) is 1.46. The van der Waals surface area contributed by atoms with Crippen LogP contribution in [0.1, 0.15) is 15.9 Å². The summed E-state index contributed by atoms with van der Waals surface area (Å²) >= 11 is 0. The van der Waals surface area contributed by atoms with Gasteiger partial charge in [-0.2, -0.15) is 5.10 Å². The standard InChI is InChI=1S/C16H14N4O3/c1-23-14-4-2-3-11(15(14)21)8-19-20-16(22)10-5-6-12-13(7-10)18-9-17-12/h2-9,21H,1H3,(H,17,18)(H,20,22). The third-order valence-electron chi connectivity index (χ3n) is 3.30. The second kappa shape index (κ2) is 6.18. The molecule has 1 amide bonds. The van der Waals surface area contributed by atoms with Crippen molar-refractivity contribution in [2.24, 2.45) is 5.10 Å². The molecule has 0 atom stereocenters. The number of nitrogens with one attached hydrogen (secondary N) is 2. The van der Waals surface area contributed by atoms with Crippen LogP contribution in [0, 0.1) is 0 Å². The minimum absolute atomic E-state index is 0.0353. The highest BCUT2D eigenvalue weighted by Crippen LogP contribution is 2.27. The van der Waals surface area contributed by atoms with E-state index in [4.69, 9.17) is 4.74 Å². The van der Waals surface area contributed by atoms with E-state index in [2.05, 4.69) is 20.5 Å². The number of H-pyrrole nitrogens is 1. The number of fused-ring (bicyclic) bond motifs is 1. The van der Waals surface area contributed by atoms with E-state index in [1.54, 1.807) is 42.7 Å². The summed E-state index contributed by atoms with van der Waals surface area (Å²) in [6.45, 7) is 0. The normalized spacial score (nSPS) is 11.0. The third kappa shape index (κ3) is 2.98. The van der Waals surface area contributed by atoms with Crippen molar-refractivity contribution in [1.82, 2.24) is 15.4 Å². The van der Waals surface area contributed by atoms with Crippen LogP contribution in [0.4, 0.5) is 0 Å². The van der Waals surface area contributed by atoms with Gasteiger partial charge in [0.1, 0.15) is 0 Å². The first-order chi connectivity index (χ1) is 11.2. The maximum atomic E-state index is 12.1. The molecule has 3 rings (SSSR count). The Balaban J connectivity index is 1.73. The van der Waals surface area contributed by atoms with Gasteiger partial charge in [-0.3, -0.25) is 4.79 Å². The second-order valence-corrected chi connectivity index (χ2v) is 4.73. The molecule has 0 saturated carbocycles. The fourth-order valence-electron chi connectivity index (χ4n) is 2.11. The second-order valence-electron chi connectivity index (χ2n) is 4.73. The van der Waals surface area contributed by atoms with E-state index in [1.165, 1.54) is 13.3 Å². The zero-order valence-corrected chi connectivity index (χ0v) is 12.3. The number of hydrogen-bond donors (Lipinski definition) is 3. The minimum atomic E-state index is -0.361. The Bertz CT molecular complexity index is 886. The summed E-state index contributed by atoms with van der Waals surface area (Å²) in [6.07, 6.45) is 2.92. The fourth-order valence-corrected chi connectivity index (χ4v) is 2.11. The van der Waals surface area contributed by atoms with Crippen molar-refractivity contribution in [3.05, 3.63) is 53.9 Å². The van der Waals surface area contributed by atoms with Crippen LogP contribution in [-0.4, -0.2) is 34.3 Å². The number of rotatable bonds is 4. The Labute approximate surface area is 131 Å². The molecule has 0 unspecified atom stereocenters. The molecule has 0 bridgehead atoms. The molecule has 0 aliphatic heterocycles. The summed E-state index contributed by atoms with van der Waals surface area (Å²) in [5.74, 6) is -0.0583. The van der Waals surface area contributed by atoms with Gasteiger partial charge in [-0.25, -0.2) is 10.4 Å². The number of imidazole rings is 1. The lowest BCUT2D eigenvalue weighted by Gasteiger charge is -2.05. The lowest BCUT2D eigenvalue weighted by atomic mass is 10.2. The zero-order valence-electron chi connectivity index (χ0n) is 12.3. The van der Waals surface area contributed by atoms with Crippen molar-refractivity contribution in [3.8, 4) is 11.5 Å². The van der Waals surface area contributed by atoms with Gasteiger partial charge in [-0.15, -0.1) is 0 Å². The number of para-hydroxylation sites is 1. The number of hydrazone groups is 1. The Morgan fingerprint density at radius 3 is 3.09 bits per heavy atom. The number of ether oxygens (including phenoxy) is 1. The van der Waals surface area contributed by atoms with E-state index in [-0.39, 0.29) is 11.7 Å². The van der Waals surface area contributed by atoms with E-state index in [1.807, 2.05) is 0 Å². The number of phenolic OH excluding ortho intramolecular Hbond substituents is 1. The predicted molar refractivity (Wildman–Crippen MR) is 85.8 cm³/mol. The topological polar surface area (TPSA) is 99.6 Å². The highest BCUT2D eigenvalue weighted by Gasteiger charge is 2.07. The molecule has 7 nitrogen and oxygen atoms in total. The molecule has 3 N–H and O–H groups in total. The number of benzene rings is 2. The molecule has 1 heterocycles. The third-order valence-corrected chi connectivity index (χ3v) is 3.30. The van der Waals surface area contributed by atoms with Crippen LogP contribution in [0.25, 0.3) is 11.0 Å². The van der Waals surface area contributed by atoms with Gasteiger partial charge in [-0.05, 0) is 30.3 Å². The van der Waals surface area contributed by atoms with Crippen LogP contribution < -0.4 is 10.2 Å². The molecule has 1 aromatic heterocycles. The first-order valence-corrected chi connectivity index (χ1v) is 6.81. The summed E-state index contributed by atoms with van der Waals surface area (Å²) in [6, 6.07) is 10.1. The van der Waals surface area contributed by atoms with E-state index in [0.29, 0.717) is 16.9 Å². The highest BCUT2D eigenvalue weighted by molar-refractivity contribution is 5.97. The van der Waals surface area contributed by atoms with E-state index < -0.39 is 0 Å². The number of aromatic hydroxyl groups is 1. The number of aromatic amines is 1. The van der Waals surface area contributed by atoms with Crippen LogP contribution >= 0.6 is 0 Å². The Morgan fingerprint density at radius 1 is 1.39 bits per heavy atom. The van der Waals surface area contributed by atoms with Crippen molar-refractivity contribution in [3.63, 3.8) is 0 Å². The molecule has 0 saturated heterocycles. The number of carbonyl (C=O) groups is 1. The lowest BCUT2D eigenvalue weighted by Crippen LogP contribution is -2.17. The number of hydrogen-bond acceptors (Lipinski definition) is 5. The Kier molecular flexibility index (Phi) is 3.92. The van der Waals surface area contributed by atoms with Crippen molar-refractivity contribution < 1.29 is 14.6 Å². The van der Waals surface area contributed by atoms with Gasteiger partial charge < -0.3 is 14.8 Å². The average Bonchev–Trinajstić information content (AvgIpc) is 3.04. The van der Waals surface area contributed by atoms with Gasteiger partial charge in [0.25, 0.3) is 5.91 Å². The monoisotopic (exact) mass is 310 g/mol. The van der Waals surface area contributed by atoms with Crippen molar-refractivity contribution in [2.45, 2.75) is 0 Å². The quantitative estimate of drug-likeness (QED) is 0.507. The molecule has 0 spiro atoms. The van der Waals surface area contributed by atoms with Crippen LogP contribution in [0.15, 0.2) is 47.8 Å². The molecule has 0 aliphatic carbocycles. The maximum Gasteiger partial charge on any atom is 0.271 e. The Hall–Kier alpha value is -3.35. The van der Waals surface area contributed by atoms with Gasteiger partial charge in [0.05, 0.1) is 30.7 Å². The first kappa shape index (κ1) is 14.6. The van der Waals surface area contributed by atoms with Gasteiger partial charge in [0.15, 0.2) is 11.5 Å². The molecule has 0 radical (unpaired) electrons. The van der Waals surface area contributed by atoms with Crippen LogP contribution in [0.2, 0.25) is 0 Å². The number of methoxy groups -OCH3 is 1. The number of nitrogens with zero attached hydrogens (tertiary/aromatic N) is 2. The molecule has 2 aromatic carbocycles. The fraction of sp³-hybridized carbons (Fsp3) is 0.0625. The SMILES string of the molecule is COc1cccc(C=NNC(=O)c2ccc3nc[nH]c3c2)c1O. The molecule has 116 valence electrons. The maximum absolute atomic E-state index is 12.1. The molecule has 7 heteroatoms. The van der Waals surface area contributed by atoms with Gasteiger partial charge in [0, 0.05) is 11.1 Å². The summed E-state index contributed by atoms with van der Waals surface area (Å²) in [5, 5.41) is 13.8. The van der Waals surface area contributed by atoms with Crippen molar-refractivity contribution in [1.29, 1.82) is 0 Å². The Morgan fingerprint density at radius 2 is 2.26 bits per heavy atom. The largest absolute Gasteiger partial charge is 0.504 e. The van der Waals surface area contributed by atoms with Gasteiger partial charge in [-0.1, -0.05) is 6.07 Å².